The Morgan fingerprint density at radius 1 is 1.16 bits per heavy atom. The molecule has 0 spiro atoms. The zero-order valence-electron chi connectivity index (χ0n) is 15.2. The SMILES string of the molecule is CCC(C)Oc1ccc(CNc2cc(C(C)C)nn3cnnc23)cc1. The van der Waals surface area contributed by atoms with Crippen molar-refractivity contribution in [1.29, 1.82) is 0 Å². The van der Waals surface area contributed by atoms with Crippen LogP contribution in [0.25, 0.3) is 5.65 Å². The van der Waals surface area contributed by atoms with Crippen molar-refractivity contribution in [3.8, 4) is 5.75 Å². The monoisotopic (exact) mass is 339 g/mol. The molecule has 0 bridgehead atoms. The molecular weight excluding hydrogens is 314 g/mol. The number of hydrogen-bond donors (Lipinski definition) is 1. The lowest BCUT2D eigenvalue weighted by Gasteiger charge is -2.13. The molecule has 2 aromatic heterocycles. The Hall–Kier alpha value is -2.63. The number of benzene rings is 1. The summed E-state index contributed by atoms with van der Waals surface area (Å²) >= 11 is 0. The van der Waals surface area contributed by atoms with Gasteiger partial charge in [0, 0.05) is 6.54 Å². The van der Waals surface area contributed by atoms with Crippen molar-refractivity contribution >= 4 is 11.3 Å². The summed E-state index contributed by atoms with van der Waals surface area (Å²) in [6.45, 7) is 9.15. The molecule has 6 heteroatoms. The highest BCUT2D eigenvalue weighted by atomic mass is 16.5. The predicted molar refractivity (Wildman–Crippen MR) is 99.0 cm³/mol. The first-order valence-corrected chi connectivity index (χ1v) is 8.77. The van der Waals surface area contributed by atoms with Crippen LogP contribution in [0.1, 0.15) is 51.3 Å². The fourth-order valence-corrected chi connectivity index (χ4v) is 2.46. The Balaban J connectivity index is 1.73. The van der Waals surface area contributed by atoms with Crippen LogP contribution in [0.2, 0.25) is 0 Å². The number of aromatic nitrogens is 4. The summed E-state index contributed by atoms with van der Waals surface area (Å²) < 4.78 is 7.54. The van der Waals surface area contributed by atoms with Crippen molar-refractivity contribution < 1.29 is 4.74 Å². The molecule has 0 radical (unpaired) electrons. The lowest BCUT2D eigenvalue weighted by atomic mass is 10.1. The summed E-state index contributed by atoms with van der Waals surface area (Å²) in [5.74, 6) is 1.24. The number of rotatable bonds is 7. The summed E-state index contributed by atoms with van der Waals surface area (Å²) in [7, 11) is 0. The minimum absolute atomic E-state index is 0.233. The lowest BCUT2D eigenvalue weighted by Crippen LogP contribution is -2.09. The van der Waals surface area contributed by atoms with E-state index in [9.17, 15) is 0 Å². The van der Waals surface area contributed by atoms with Crippen LogP contribution in [0.4, 0.5) is 5.69 Å². The highest BCUT2D eigenvalue weighted by Gasteiger charge is 2.10. The van der Waals surface area contributed by atoms with Crippen molar-refractivity contribution in [2.45, 2.75) is 52.7 Å². The molecule has 0 aliphatic carbocycles. The molecule has 0 fully saturated rings. The van der Waals surface area contributed by atoms with E-state index >= 15 is 0 Å². The average Bonchev–Trinajstić information content (AvgIpc) is 3.09. The van der Waals surface area contributed by atoms with Gasteiger partial charge in [0.15, 0.2) is 0 Å². The molecule has 1 unspecified atom stereocenters. The standard InChI is InChI=1S/C19H25N5O/c1-5-14(4)25-16-8-6-15(7-9-16)11-20-18-10-17(13(2)3)23-24-12-21-22-19(18)24/h6-10,12-14,20H,5,11H2,1-4H3. The van der Waals surface area contributed by atoms with E-state index in [1.165, 1.54) is 5.56 Å². The molecule has 0 aliphatic heterocycles. The second kappa shape index (κ2) is 7.51. The van der Waals surface area contributed by atoms with Crippen molar-refractivity contribution in [2.75, 3.05) is 5.32 Å². The second-order valence-corrected chi connectivity index (χ2v) is 6.57. The number of anilines is 1. The first kappa shape index (κ1) is 17.2. The van der Waals surface area contributed by atoms with Gasteiger partial charge in [-0.1, -0.05) is 32.9 Å². The highest BCUT2D eigenvalue weighted by Crippen LogP contribution is 2.21. The van der Waals surface area contributed by atoms with Gasteiger partial charge in [-0.2, -0.15) is 9.61 Å². The lowest BCUT2D eigenvalue weighted by molar-refractivity contribution is 0.217. The molecule has 3 aromatic rings. The van der Waals surface area contributed by atoms with Crippen molar-refractivity contribution in [1.82, 2.24) is 19.8 Å². The minimum Gasteiger partial charge on any atom is -0.491 e. The number of fused-ring (bicyclic) bond motifs is 1. The van der Waals surface area contributed by atoms with Gasteiger partial charge in [0.05, 0.1) is 17.5 Å². The van der Waals surface area contributed by atoms with Crippen LogP contribution in [0.3, 0.4) is 0 Å². The van der Waals surface area contributed by atoms with Crippen molar-refractivity contribution in [3.05, 3.63) is 47.9 Å². The van der Waals surface area contributed by atoms with Crippen LogP contribution < -0.4 is 10.1 Å². The topological polar surface area (TPSA) is 64.3 Å². The van der Waals surface area contributed by atoms with Gasteiger partial charge in [0.2, 0.25) is 5.65 Å². The molecule has 2 heterocycles. The average molecular weight is 339 g/mol. The van der Waals surface area contributed by atoms with Gasteiger partial charge in [-0.3, -0.25) is 0 Å². The first-order valence-electron chi connectivity index (χ1n) is 8.77. The summed E-state index contributed by atoms with van der Waals surface area (Å²) in [6.07, 6.45) is 2.86. The summed E-state index contributed by atoms with van der Waals surface area (Å²) in [5, 5.41) is 16.1. The van der Waals surface area contributed by atoms with E-state index in [1.807, 2.05) is 12.1 Å². The van der Waals surface area contributed by atoms with Crippen LogP contribution in [0, 0.1) is 0 Å². The third-order valence-electron chi connectivity index (χ3n) is 4.20. The van der Waals surface area contributed by atoms with E-state index in [1.54, 1.807) is 10.8 Å². The van der Waals surface area contributed by atoms with E-state index in [-0.39, 0.29) is 6.10 Å². The number of ether oxygens (including phenoxy) is 1. The summed E-state index contributed by atoms with van der Waals surface area (Å²) in [5.41, 5.74) is 3.86. The largest absolute Gasteiger partial charge is 0.491 e. The van der Waals surface area contributed by atoms with Gasteiger partial charge in [0.1, 0.15) is 12.1 Å². The normalized spacial score (nSPS) is 12.5. The van der Waals surface area contributed by atoms with Crippen LogP contribution in [-0.4, -0.2) is 25.9 Å². The van der Waals surface area contributed by atoms with Crippen LogP contribution >= 0.6 is 0 Å². The molecule has 1 N–H and O–H groups in total. The molecular formula is C19H25N5O. The van der Waals surface area contributed by atoms with Crippen LogP contribution in [-0.2, 0) is 6.54 Å². The summed E-state index contributed by atoms with van der Waals surface area (Å²) in [6, 6.07) is 10.2. The van der Waals surface area contributed by atoms with E-state index in [0.717, 1.165) is 29.2 Å². The molecule has 3 rings (SSSR count). The van der Waals surface area contributed by atoms with Gasteiger partial charge in [0.25, 0.3) is 0 Å². The smallest absolute Gasteiger partial charge is 0.200 e. The molecule has 0 aliphatic rings. The number of nitrogens with one attached hydrogen (secondary N) is 1. The minimum atomic E-state index is 0.233. The molecule has 1 atom stereocenters. The molecule has 0 saturated heterocycles. The maximum atomic E-state index is 5.82. The molecule has 132 valence electrons. The molecule has 1 aromatic carbocycles. The quantitative estimate of drug-likeness (QED) is 0.704. The Morgan fingerprint density at radius 3 is 2.60 bits per heavy atom. The fraction of sp³-hybridized carbons (Fsp3) is 0.421. The van der Waals surface area contributed by atoms with Gasteiger partial charge in [-0.05, 0) is 43.0 Å². The maximum absolute atomic E-state index is 5.82. The van der Waals surface area contributed by atoms with Crippen molar-refractivity contribution in [3.63, 3.8) is 0 Å². The zero-order chi connectivity index (χ0) is 17.8. The number of hydrogen-bond acceptors (Lipinski definition) is 5. The second-order valence-electron chi connectivity index (χ2n) is 6.57. The Morgan fingerprint density at radius 2 is 1.92 bits per heavy atom. The maximum Gasteiger partial charge on any atom is 0.200 e. The molecule has 0 amide bonds. The van der Waals surface area contributed by atoms with E-state index in [2.05, 4.69) is 66.5 Å². The fourth-order valence-electron chi connectivity index (χ4n) is 2.46. The van der Waals surface area contributed by atoms with Crippen molar-refractivity contribution in [2.24, 2.45) is 0 Å². The first-order chi connectivity index (χ1) is 12.1. The Bertz CT molecular complexity index is 825. The Labute approximate surface area is 148 Å². The molecule has 25 heavy (non-hydrogen) atoms. The van der Waals surface area contributed by atoms with Crippen LogP contribution in [0.15, 0.2) is 36.7 Å². The van der Waals surface area contributed by atoms with Gasteiger partial charge >= 0.3 is 0 Å². The van der Waals surface area contributed by atoms with E-state index < -0.39 is 0 Å². The van der Waals surface area contributed by atoms with Crippen LogP contribution in [0.5, 0.6) is 5.75 Å². The summed E-state index contributed by atoms with van der Waals surface area (Å²) in [4.78, 5) is 0. The third-order valence-corrected chi connectivity index (χ3v) is 4.20. The number of nitrogens with zero attached hydrogens (tertiary/aromatic N) is 4. The van der Waals surface area contributed by atoms with E-state index in [0.29, 0.717) is 12.5 Å². The zero-order valence-corrected chi connectivity index (χ0v) is 15.2. The third kappa shape index (κ3) is 4.07. The highest BCUT2D eigenvalue weighted by molar-refractivity contribution is 5.66. The molecule has 0 saturated carbocycles. The van der Waals surface area contributed by atoms with Gasteiger partial charge in [-0.15, -0.1) is 10.2 Å². The molecule has 6 nitrogen and oxygen atoms in total. The Kier molecular flexibility index (Phi) is 5.16. The predicted octanol–water partition coefficient (Wildman–Crippen LogP) is 4.04. The van der Waals surface area contributed by atoms with Gasteiger partial charge < -0.3 is 10.1 Å². The van der Waals surface area contributed by atoms with E-state index in [4.69, 9.17) is 4.74 Å². The van der Waals surface area contributed by atoms with Gasteiger partial charge in [-0.25, -0.2) is 0 Å².